The molecule has 0 unspecified atom stereocenters. The van der Waals surface area contributed by atoms with Crippen molar-refractivity contribution in [1.29, 1.82) is 0 Å². The van der Waals surface area contributed by atoms with E-state index in [-0.39, 0.29) is 0 Å². The highest BCUT2D eigenvalue weighted by Crippen LogP contribution is 2.07. The van der Waals surface area contributed by atoms with E-state index in [2.05, 4.69) is 18.2 Å². The molecular formula is C8H17NOS. The minimum atomic E-state index is 0.908. The standard InChI is InChI=1S/C8H17NOS/c1-3-5-7-9(6-4-2)11-8-10/h8H,3-7H2,1-2H3. The molecule has 2 nitrogen and oxygen atoms in total. The Labute approximate surface area is 73.5 Å². The maximum absolute atomic E-state index is 10.2. The van der Waals surface area contributed by atoms with Crippen LogP contribution in [0.2, 0.25) is 0 Å². The van der Waals surface area contributed by atoms with Gasteiger partial charge in [-0.1, -0.05) is 20.3 Å². The Balaban J connectivity index is 3.41. The van der Waals surface area contributed by atoms with Crippen LogP contribution in [0.3, 0.4) is 0 Å². The number of unbranched alkanes of at least 4 members (excludes halogenated alkanes) is 1. The lowest BCUT2D eigenvalue weighted by Crippen LogP contribution is -2.17. The molecule has 0 saturated heterocycles. The molecule has 0 heterocycles. The lowest BCUT2D eigenvalue weighted by molar-refractivity contribution is 0.457. The number of hydrogen-bond donors (Lipinski definition) is 0. The van der Waals surface area contributed by atoms with Crippen molar-refractivity contribution < 1.29 is 4.79 Å². The van der Waals surface area contributed by atoms with Crippen LogP contribution < -0.4 is 0 Å². The summed E-state index contributed by atoms with van der Waals surface area (Å²) in [7, 11) is 0. The Morgan fingerprint density at radius 1 is 1.27 bits per heavy atom. The first-order valence-electron chi connectivity index (χ1n) is 4.20. The van der Waals surface area contributed by atoms with Crippen LogP contribution >= 0.6 is 11.9 Å². The van der Waals surface area contributed by atoms with Crippen molar-refractivity contribution >= 4 is 17.6 Å². The van der Waals surface area contributed by atoms with Gasteiger partial charge < -0.3 is 0 Å². The Morgan fingerprint density at radius 3 is 2.45 bits per heavy atom. The Hall–Kier alpha value is -0.0200. The van der Waals surface area contributed by atoms with Crippen LogP contribution in [-0.2, 0) is 4.79 Å². The van der Waals surface area contributed by atoms with E-state index in [1.54, 1.807) is 0 Å². The van der Waals surface area contributed by atoms with Crippen molar-refractivity contribution in [3.8, 4) is 0 Å². The van der Waals surface area contributed by atoms with Gasteiger partial charge >= 0.3 is 0 Å². The fourth-order valence-electron chi connectivity index (χ4n) is 0.862. The number of nitrogens with zero attached hydrogens (tertiary/aromatic N) is 1. The molecule has 0 aliphatic rings. The number of carbonyl (C=O) groups is 1. The van der Waals surface area contributed by atoms with Crippen LogP contribution in [0.15, 0.2) is 0 Å². The molecule has 11 heavy (non-hydrogen) atoms. The average molecular weight is 175 g/mol. The van der Waals surface area contributed by atoms with Gasteiger partial charge in [-0.3, -0.25) is 4.79 Å². The minimum absolute atomic E-state index is 0.908. The van der Waals surface area contributed by atoms with Crippen LogP contribution in [0, 0.1) is 0 Å². The summed E-state index contributed by atoms with van der Waals surface area (Å²) in [5.74, 6) is 0. The van der Waals surface area contributed by atoms with E-state index >= 15 is 0 Å². The summed E-state index contributed by atoms with van der Waals surface area (Å²) in [6.45, 7) is 6.34. The molecule has 0 N–H and O–H groups in total. The molecule has 0 aromatic rings. The van der Waals surface area contributed by atoms with Crippen molar-refractivity contribution in [1.82, 2.24) is 4.31 Å². The topological polar surface area (TPSA) is 20.3 Å². The zero-order valence-electron chi connectivity index (χ0n) is 7.38. The minimum Gasteiger partial charge on any atom is -0.290 e. The maximum atomic E-state index is 10.2. The van der Waals surface area contributed by atoms with Crippen molar-refractivity contribution in [2.45, 2.75) is 33.1 Å². The predicted molar refractivity (Wildman–Crippen MR) is 51.1 cm³/mol. The second-order valence-electron chi connectivity index (χ2n) is 2.48. The van der Waals surface area contributed by atoms with Crippen LogP contribution in [-0.4, -0.2) is 23.0 Å². The molecule has 66 valence electrons. The summed E-state index contributed by atoms with van der Waals surface area (Å²) in [4.78, 5) is 10.2. The van der Waals surface area contributed by atoms with Crippen molar-refractivity contribution in [3.05, 3.63) is 0 Å². The molecule has 0 aromatic heterocycles. The lowest BCUT2D eigenvalue weighted by atomic mass is 10.3. The maximum Gasteiger partial charge on any atom is 0.191 e. The third-order valence-electron chi connectivity index (χ3n) is 1.43. The number of carbonyl (C=O) groups excluding carboxylic acids is 1. The molecule has 0 rings (SSSR count). The normalized spacial score (nSPS) is 10.5. The fraction of sp³-hybridized carbons (Fsp3) is 0.875. The molecule has 0 amide bonds. The van der Waals surface area contributed by atoms with E-state index in [1.165, 1.54) is 24.8 Å². The summed E-state index contributed by atoms with van der Waals surface area (Å²) >= 11 is 1.29. The van der Waals surface area contributed by atoms with Crippen molar-refractivity contribution in [3.63, 3.8) is 0 Å². The first-order chi connectivity index (χ1) is 5.35. The monoisotopic (exact) mass is 175 g/mol. The third kappa shape index (κ3) is 6.38. The van der Waals surface area contributed by atoms with Crippen LogP contribution in [0.25, 0.3) is 0 Å². The number of hydrogen-bond acceptors (Lipinski definition) is 3. The molecule has 0 spiro atoms. The van der Waals surface area contributed by atoms with Gasteiger partial charge in [0, 0.05) is 13.1 Å². The predicted octanol–water partition coefficient (Wildman–Crippen LogP) is 2.34. The van der Waals surface area contributed by atoms with E-state index < -0.39 is 0 Å². The van der Waals surface area contributed by atoms with E-state index in [9.17, 15) is 4.79 Å². The second-order valence-corrected chi connectivity index (χ2v) is 3.40. The van der Waals surface area contributed by atoms with Gasteiger partial charge in [-0.2, -0.15) is 0 Å². The van der Waals surface area contributed by atoms with Gasteiger partial charge in [-0.05, 0) is 24.8 Å². The first kappa shape index (κ1) is 11.0. The molecule has 0 fully saturated rings. The Bertz CT molecular complexity index is 98.1. The molecule has 0 aromatic carbocycles. The van der Waals surface area contributed by atoms with Gasteiger partial charge in [0.2, 0.25) is 0 Å². The van der Waals surface area contributed by atoms with E-state index in [0.717, 1.165) is 25.1 Å². The second kappa shape index (κ2) is 8.08. The van der Waals surface area contributed by atoms with E-state index in [1.807, 2.05) is 0 Å². The van der Waals surface area contributed by atoms with E-state index in [4.69, 9.17) is 0 Å². The van der Waals surface area contributed by atoms with Gasteiger partial charge in [0.1, 0.15) is 0 Å². The molecular weight excluding hydrogens is 158 g/mol. The zero-order valence-corrected chi connectivity index (χ0v) is 8.19. The highest BCUT2D eigenvalue weighted by Gasteiger charge is 2.01. The highest BCUT2D eigenvalue weighted by atomic mass is 32.2. The van der Waals surface area contributed by atoms with Gasteiger partial charge in [0.05, 0.1) is 0 Å². The SMILES string of the molecule is CCCCN(CCC)SC=O. The largest absolute Gasteiger partial charge is 0.290 e. The zero-order chi connectivity index (χ0) is 8.53. The molecule has 0 atom stereocenters. The first-order valence-corrected chi connectivity index (χ1v) is 5.04. The molecule has 0 aliphatic heterocycles. The average Bonchev–Trinajstić information content (AvgIpc) is 2.01. The van der Waals surface area contributed by atoms with E-state index in [0.29, 0.717) is 0 Å². The van der Waals surface area contributed by atoms with Crippen LogP contribution in [0.4, 0.5) is 0 Å². The molecule has 0 saturated carbocycles. The molecule has 0 radical (unpaired) electrons. The summed E-state index contributed by atoms with van der Waals surface area (Å²) in [5, 5.41) is 0. The molecule has 0 bridgehead atoms. The van der Waals surface area contributed by atoms with Crippen LogP contribution in [0.5, 0.6) is 0 Å². The smallest absolute Gasteiger partial charge is 0.191 e. The number of rotatable bonds is 7. The molecule has 0 aliphatic carbocycles. The molecule has 3 heteroatoms. The van der Waals surface area contributed by atoms with Gasteiger partial charge in [0.15, 0.2) is 5.62 Å². The third-order valence-corrected chi connectivity index (χ3v) is 2.18. The summed E-state index contributed by atoms with van der Waals surface area (Å²) in [6.07, 6.45) is 3.49. The van der Waals surface area contributed by atoms with Gasteiger partial charge in [-0.15, -0.1) is 0 Å². The summed E-state index contributed by atoms with van der Waals surface area (Å²) in [5.41, 5.74) is 0.908. The highest BCUT2D eigenvalue weighted by molar-refractivity contribution is 8.09. The summed E-state index contributed by atoms with van der Waals surface area (Å²) in [6, 6.07) is 0. The lowest BCUT2D eigenvalue weighted by Gasteiger charge is -2.15. The quantitative estimate of drug-likeness (QED) is 0.437. The Kier molecular flexibility index (Phi) is 8.07. The van der Waals surface area contributed by atoms with Gasteiger partial charge in [0.25, 0.3) is 0 Å². The fourth-order valence-corrected chi connectivity index (χ4v) is 1.51. The summed E-state index contributed by atoms with van der Waals surface area (Å²) < 4.78 is 2.12. The van der Waals surface area contributed by atoms with Crippen molar-refractivity contribution in [2.24, 2.45) is 0 Å². The Morgan fingerprint density at radius 2 is 2.00 bits per heavy atom. The van der Waals surface area contributed by atoms with Crippen LogP contribution in [0.1, 0.15) is 33.1 Å². The van der Waals surface area contributed by atoms with Crippen molar-refractivity contribution in [2.75, 3.05) is 13.1 Å². The van der Waals surface area contributed by atoms with Gasteiger partial charge in [-0.25, -0.2) is 4.31 Å².